The van der Waals surface area contributed by atoms with Crippen LogP contribution < -0.4 is 10.1 Å². The SMILES string of the molecule is CC(C)(C)NCc1nccn1CC1COc2ccccc21. The van der Waals surface area contributed by atoms with Crippen LogP contribution in [0.1, 0.15) is 38.1 Å². The van der Waals surface area contributed by atoms with E-state index in [9.17, 15) is 0 Å². The van der Waals surface area contributed by atoms with Crippen molar-refractivity contribution < 1.29 is 4.74 Å². The summed E-state index contributed by atoms with van der Waals surface area (Å²) >= 11 is 0. The lowest BCUT2D eigenvalue weighted by Gasteiger charge is -2.21. The van der Waals surface area contributed by atoms with Crippen LogP contribution in [0, 0.1) is 0 Å². The molecule has 0 radical (unpaired) electrons. The average Bonchev–Trinajstić information content (AvgIpc) is 3.04. The second-order valence-electron chi connectivity index (χ2n) is 6.65. The fourth-order valence-corrected chi connectivity index (χ4v) is 2.64. The van der Waals surface area contributed by atoms with Crippen molar-refractivity contribution in [3.8, 4) is 5.75 Å². The highest BCUT2D eigenvalue weighted by Gasteiger charge is 2.24. The molecule has 0 bridgehead atoms. The zero-order valence-corrected chi connectivity index (χ0v) is 13.0. The van der Waals surface area contributed by atoms with E-state index >= 15 is 0 Å². The van der Waals surface area contributed by atoms with Gasteiger partial charge in [-0.05, 0) is 26.8 Å². The normalized spacial score (nSPS) is 17.6. The highest BCUT2D eigenvalue weighted by molar-refractivity contribution is 5.39. The molecule has 1 aromatic heterocycles. The number of nitrogens with zero attached hydrogens (tertiary/aromatic N) is 2. The second-order valence-corrected chi connectivity index (χ2v) is 6.65. The van der Waals surface area contributed by atoms with E-state index in [0.717, 1.165) is 31.3 Å². The van der Waals surface area contributed by atoms with Crippen LogP contribution in [0.2, 0.25) is 0 Å². The smallest absolute Gasteiger partial charge is 0.122 e. The van der Waals surface area contributed by atoms with Gasteiger partial charge in [0.2, 0.25) is 0 Å². The maximum atomic E-state index is 5.76. The fourth-order valence-electron chi connectivity index (χ4n) is 2.64. The Morgan fingerprint density at radius 3 is 2.95 bits per heavy atom. The van der Waals surface area contributed by atoms with Gasteiger partial charge in [-0.25, -0.2) is 4.98 Å². The minimum Gasteiger partial charge on any atom is -0.493 e. The monoisotopic (exact) mass is 285 g/mol. The summed E-state index contributed by atoms with van der Waals surface area (Å²) in [6.07, 6.45) is 3.93. The minimum absolute atomic E-state index is 0.0971. The molecule has 0 amide bonds. The van der Waals surface area contributed by atoms with E-state index in [0.29, 0.717) is 5.92 Å². The topological polar surface area (TPSA) is 39.1 Å². The molecular formula is C17H23N3O. The Hall–Kier alpha value is -1.81. The van der Waals surface area contributed by atoms with Gasteiger partial charge in [-0.15, -0.1) is 0 Å². The zero-order valence-electron chi connectivity index (χ0n) is 13.0. The predicted molar refractivity (Wildman–Crippen MR) is 83.5 cm³/mol. The molecule has 1 atom stereocenters. The van der Waals surface area contributed by atoms with E-state index < -0.39 is 0 Å². The van der Waals surface area contributed by atoms with Crippen molar-refractivity contribution in [1.82, 2.24) is 14.9 Å². The number of ether oxygens (including phenoxy) is 1. The van der Waals surface area contributed by atoms with Crippen LogP contribution in [0.25, 0.3) is 0 Å². The highest BCUT2D eigenvalue weighted by Crippen LogP contribution is 2.34. The van der Waals surface area contributed by atoms with Gasteiger partial charge in [0.05, 0.1) is 13.2 Å². The van der Waals surface area contributed by atoms with Gasteiger partial charge in [-0.1, -0.05) is 18.2 Å². The fraction of sp³-hybridized carbons (Fsp3) is 0.471. The number of nitrogens with one attached hydrogen (secondary N) is 1. The molecule has 0 spiro atoms. The van der Waals surface area contributed by atoms with E-state index in [2.05, 4.69) is 54.0 Å². The first-order chi connectivity index (χ1) is 10.0. The molecule has 112 valence electrons. The predicted octanol–water partition coefficient (Wildman–Crippen LogP) is 2.95. The van der Waals surface area contributed by atoms with Gasteiger partial charge in [0.1, 0.15) is 11.6 Å². The van der Waals surface area contributed by atoms with E-state index in [1.807, 2.05) is 18.3 Å². The van der Waals surface area contributed by atoms with E-state index in [1.165, 1.54) is 5.56 Å². The molecule has 1 aromatic carbocycles. The lowest BCUT2D eigenvalue weighted by Crippen LogP contribution is -2.36. The van der Waals surface area contributed by atoms with Crippen LogP contribution >= 0.6 is 0 Å². The molecule has 0 aliphatic carbocycles. The molecule has 4 nitrogen and oxygen atoms in total. The molecule has 21 heavy (non-hydrogen) atoms. The van der Waals surface area contributed by atoms with Crippen molar-refractivity contribution in [1.29, 1.82) is 0 Å². The molecule has 1 aliphatic rings. The van der Waals surface area contributed by atoms with Crippen molar-refractivity contribution in [2.75, 3.05) is 6.61 Å². The lowest BCUT2D eigenvalue weighted by atomic mass is 10.0. The van der Waals surface area contributed by atoms with Gasteiger partial charge < -0.3 is 14.6 Å². The molecule has 2 aromatic rings. The quantitative estimate of drug-likeness (QED) is 0.938. The number of aromatic nitrogens is 2. The first-order valence-electron chi connectivity index (χ1n) is 7.50. The number of benzene rings is 1. The van der Waals surface area contributed by atoms with Crippen LogP contribution in [-0.2, 0) is 13.1 Å². The summed E-state index contributed by atoms with van der Waals surface area (Å²) in [5.74, 6) is 2.51. The number of hydrogen-bond donors (Lipinski definition) is 1. The first kappa shape index (κ1) is 14.1. The standard InChI is InChI=1S/C17H23N3O/c1-17(2,3)19-10-16-18-8-9-20(16)11-13-12-21-15-7-5-4-6-14(13)15/h4-9,13,19H,10-12H2,1-3H3. The van der Waals surface area contributed by atoms with E-state index in [-0.39, 0.29) is 5.54 Å². The molecule has 1 N–H and O–H groups in total. The second kappa shape index (κ2) is 5.53. The van der Waals surface area contributed by atoms with Crippen LogP contribution in [0.3, 0.4) is 0 Å². The minimum atomic E-state index is 0.0971. The van der Waals surface area contributed by atoms with Crippen molar-refractivity contribution in [3.63, 3.8) is 0 Å². The van der Waals surface area contributed by atoms with Crippen molar-refractivity contribution in [2.45, 2.75) is 45.3 Å². The summed E-state index contributed by atoms with van der Waals surface area (Å²) in [4.78, 5) is 4.48. The average molecular weight is 285 g/mol. The van der Waals surface area contributed by atoms with Crippen LogP contribution in [0.4, 0.5) is 0 Å². The zero-order chi connectivity index (χ0) is 14.9. The van der Waals surface area contributed by atoms with Crippen LogP contribution in [0.15, 0.2) is 36.7 Å². The van der Waals surface area contributed by atoms with Gasteiger partial charge in [-0.3, -0.25) is 0 Å². The Balaban J connectivity index is 1.71. The number of rotatable bonds is 4. The largest absolute Gasteiger partial charge is 0.493 e. The van der Waals surface area contributed by atoms with Gasteiger partial charge in [0.15, 0.2) is 0 Å². The van der Waals surface area contributed by atoms with Gasteiger partial charge in [-0.2, -0.15) is 0 Å². The molecule has 3 rings (SSSR count). The maximum absolute atomic E-state index is 5.76. The van der Waals surface area contributed by atoms with Crippen molar-refractivity contribution >= 4 is 0 Å². The molecule has 0 fully saturated rings. The molecule has 0 saturated carbocycles. The maximum Gasteiger partial charge on any atom is 0.122 e. The Labute approximate surface area is 126 Å². The van der Waals surface area contributed by atoms with Gasteiger partial charge >= 0.3 is 0 Å². The number of fused-ring (bicyclic) bond motifs is 1. The summed E-state index contributed by atoms with van der Waals surface area (Å²) in [5.41, 5.74) is 1.40. The third kappa shape index (κ3) is 3.27. The number of imidazole rings is 1. The third-order valence-corrected chi connectivity index (χ3v) is 3.79. The third-order valence-electron chi connectivity index (χ3n) is 3.79. The van der Waals surface area contributed by atoms with Gasteiger partial charge in [0, 0.05) is 36.0 Å². The number of hydrogen-bond acceptors (Lipinski definition) is 3. The molecular weight excluding hydrogens is 262 g/mol. The Morgan fingerprint density at radius 1 is 1.33 bits per heavy atom. The summed E-state index contributed by atoms with van der Waals surface area (Å²) in [6, 6.07) is 8.32. The van der Waals surface area contributed by atoms with Crippen molar-refractivity contribution in [3.05, 3.63) is 48.0 Å². The first-order valence-corrected chi connectivity index (χ1v) is 7.50. The Kier molecular flexibility index (Phi) is 3.72. The molecule has 4 heteroatoms. The number of para-hydroxylation sites is 1. The van der Waals surface area contributed by atoms with E-state index in [4.69, 9.17) is 4.74 Å². The summed E-state index contributed by atoms with van der Waals surface area (Å²) in [6.45, 7) is 8.96. The molecule has 0 saturated heterocycles. The summed E-state index contributed by atoms with van der Waals surface area (Å²) in [5, 5.41) is 3.49. The van der Waals surface area contributed by atoms with Crippen LogP contribution in [0.5, 0.6) is 5.75 Å². The summed E-state index contributed by atoms with van der Waals surface area (Å²) < 4.78 is 8.00. The Morgan fingerprint density at radius 2 is 2.14 bits per heavy atom. The molecule has 1 aliphatic heterocycles. The molecule has 1 unspecified atom stereocenters. The van der Waals surface area contributed by atoms with Crippen molar-refractivity contribution in [2.24, 2.45) is 0 Å². The summed E-state index contributed by atoms with van der Waals surface area (Å²) in [7, 11) is 0. The lowest BCUT2D eigenvalue weighted by molar-refractivity contribution is 0.316. The van der Waals surface area contributed by atoms with E-state index in [1.54, 1.807) is 0 Å². The van der Waals surface area contributed by atoms with Gasteiger partial charge in [0.25, 0.3) is 0 Å². The molecule has 2 heterocycles. The highest BCUT2D eigenvalue weighted by atomic mass is 16.5. The Bertz CT molecular complexity index is 612. The van der Waals surface area contributed by atoms with Crippen LogP contribution in [-0.4, -0.2) is 21.7 Å².